The van der Waals surface area contributed by atoms with E-state index in [0.717, 1.165) is 63.0 Å². The third-order valence-corrected chi connectivity index (χ3v) is 9.60. The Morgan fingerprint density at radius 2 is 1.85 bits per heavy atom. The number of piperidine rings is 1. The van der Waals surface area contributed by atoms with Crippen molar-refractivity contribution in [3.63, 3.8) is 0 Å². The number of hydrogen-bond donors (Lipinski definition) is 1. The van der Waals surface area contributed by atoms with Crippen molar-refractivity contribution >= 4 is 34.2 Å². The van der Waals surface area contributed by atoms with Gasteiger partial charge < -0.3 is 24.2 Å². The van der Waals surface area contributed by atoms with Gasteiger partial charge in [-0.25, -0.2) is 4.79 Å². The summed E-state index contributed by atoms with van der Waals surface area (Å²) >= 11 is 6.64. The summed E-state index contributed by atoms with van der Waals surface area (Å²) in [6.45, 7) is 9.61. The fraction of sp³-hybridized carbons (Fsp3) is 0.545. The standard InChI is InChI=1S/C33H42ClN3O3/c1-2-40-22-23-7-6-14-35(21-23)15-16-36-17-18-37-30-19-25(33(38)39)10-12-27(30)31(24-8-4-3-5-9-24)32(37)28-13-11-26(34)20-29(28)36/h10-13,19-20,23-24H,2-9,14-18,21-22H2,1H3,(H,38,39). The van der Waals surface area contributed by atoms with Crippen molar-refractivity contribution in [2.45, 2.75) is 64.3 Å². The largest absolute Gasteiger partial charge is 0.478 e. The molecule has 6 nitrogen and oxygen atoms in total. The van der Waals surface area contributed by atoms with Gasteiger partial charge >= 0.3 is 5.97 Å². The van der Waals surface area contributed by atoms with Crippen molar-refractivity contribution in [3.05, 3.63) is 52.5 Å². The summed E-state index contributed by atoms with van der Waals surface area (Å²) in [5.74, 6) is 0.241. The summed E-state index contributed by atoms with van der Waals surface area (Å²) in [6, 6.07) is 12.1. The van der Waals surface area contributed by atoms with Gasteiger partial charge in [-0.1, -0.05) is 36.9 Å². The van der Waals surface area contributed by atoms with E-state index in [1.807, 2.05) is 12.1 Å². The van der Waals surface area contributed by atoms with E-state index < -0.39 is 5.97 Å². The average Bonchev–Trinajstić information content (AvgIpc) is 3.21. The number of aromatic nitrogens is 1. The molecule has 1 unspecified atom stereocenters. The van der Waals surface area contributed by atoms with Gasteiger partial charge in [-0.05, 0) is 86.9 Å². The fourth-order valence-electron chi connectivity index (χ4n) is 7.41. The smallest absolute Gasteiger partial charge is 0.335 e. The molecule has 6 rings (SSSR count). The molecule has 0 amide bonds. The van der Waals surface area contributed by atoms with E-state index in [1.165, 1.54) is 72.8 Å². The summed E-state index contributed by atoms with van der Waals surface area (Å²) < 4.78 is 8.16. The van der Waals surface area contributed by atoms with Gasteiger partial charge in [0, 0.05) is 66.5 Å². The molecule has 0 bridgehead atoms. The Balaban J connectivity index is 1.37. The Labute approximate surface area is 242 Å². The van der Waals surface area contributed by atoms with Gasteiger partial charge in [-0.3, -0.25) is 0 Å². The molecule has 2 aliphatic heterocycles. The normalized spacial score (nSPS) is 20.4. The van der Waals surface area contributed by atoms with Crippen molar-refractivity contribution in [2.75, 3.05) is 50.8 Å². The minimum atomic E-state index is -0.872. The first-order chi connectivity index (χ1) is 19.5. The Kier molecular flexibility index (Phi) is 8.38. The van der Waals surface area contributed by atoms with Crippen molar-refractivity contribution in [1.82, 2.24) is 9.47 Å². The van der Waals surface area contributed by atoms with Crippen LogP contribution in [-0.4, -0.2) is 66.5 Å². The Morgan fingerprint density at radius 3 is 2.65 bits per heavy atom. The molecule has 1 saturated carbocycles. The lowest BCUT2D eigenvalue weighted by atomic mass is 9.81. The zero-order valence-corrected chi connectivity index (χ0v) is 24.5. The van der Waals surface area contributed by atoms with Crippen LogP contribution in [-0.2, 0) is 11.3 Å². The molecule has 3 aliphatic rings. The van der Waals surface area contributed by atoms with E-state index in [1.54, 1.807) is 6.07 Å². The van der Waals surface area contributed by atoms with Crippen LogP contribution in [0.15, 0.2) is 36.4 Å². The first kappa shape index (κ1) is 27.6. The highest BCUT2D eigenvalue weighted by atomic mass is 35.5. The Bertz CT molecular complexity index is 1360. The van der Waals surface area contributed by atoms with E-state index >= 15 is 0 Å². The van der Waals surface area contributed by atoms with Crippen LogP contribution in [0.25, 0.3) is 22.2 Å². The molecule has 2 fully saturated rings. The second-order valence-electron chi connectivity index (χ2n) is 11.9. The van der Waals surface area contributed by atoms with Crippen molar-refractivity contribution < 1.29 is 14.6 Å². The Hall–Kier alpha value is -2.54. The van der Waals surface area contributed by atoms with Gasteiger partial charge in [0.05, 0.1) is 17.9 Å². The number of carboxylic acids is 1. The van der Waals surface area contributed by atoms with Crippen LogP contribution in [0.2, 0.25) is 5.02 Å². The van der Waals surface area contributed by atoms with Crippen molar-refractivity contribution in [1.29, 1.82) is 0 Å². The number of anilines is 1. The molecule has 0 radical (unpaired) electrons. The van der Waals surface area contributed by atoms with Gasteiger partial charge in [-0.2, -0.15) is 0 Å². The predicted octanol–water partition coefficient (Wildman–Crippen LogP) is 7.28. The molecule has 1 aliphatic carbocycles. The van der Waals surface area contributed by atoms with Crippen molar-refractivity contribution in [2.24, 2.45) is 5.92 Å². The van der Waals surface area contributed by atoms with Gasteiger partial charge in [0.2, 0.25) is 0 Å². The maximum absolute atomic E-state index is 11.9. The molecular formula is C33H42ClN3O3. The number of hydrogen-bond acceptors (Lipinski definition) is 4. The lowest BCUT2D eigenvalue weighted by Gasteiger charge is -2.35. The molecule has 3 heterocycles. The second-order valence-corrected chi connectivity index (χ2v) is 12.3. The zero-order chi connectivity index (χ0) is 27.6. The summed E-state index contributed by atoms with van der Waals surface area (Å²) in [6.07, 6.45) is 8.68. The number of carboxylic acid groups (broad SMARTS) is 1. The molecule has 3 aromatic rings. The number of carbonyl (C=O) groups is 1. The molecule has 7 heteroatoms. The van der Waals surface area contributed by atoms with E-state index in [4.69, 9.17) is 16.3 Å². The number of nitrogens with zero attached hydrogens (tertiary/aromatic N) is 3. The SMILES string of the molecule is CCOCC1CCCN(CCN2CCn3c(c(C4CCCCC4)c4ccc(C(=O)O)cc43)-c3ccc(Cl)cc32)C1. The van der Waals surface area contributed by atoms with E-state index in [-0.39, 0.29) is 0 Å². The fourth-order valence-corrected chi connectivity index (χ4v) is 7.58. The summed E-state index contributed by atoms with van der Waals surface area (Å²) in [5, 5.41) is 11.8. The Morgan fingerprint density at radius 1 is 1.00 bits per heavy atom. The second kappa shape index (κ2) is 12.1. The lowest BCUT2D eigenvalue weighted by Crippen LogP contribution is -2.42. The topological polar surface area (TPSA) is 57.9 Å². The molecule has 2 aromatic carbocycles. The maximum Gasteiger partial charge on any atom is 0.335 e. The molecule has 40 heavy (non-hydrogen) atoms. The highest BCUT2D eigenvalue weighted by molar-refractivity contribution is 6.31. The number of aromatic carboxylic acids is 1. The number of halogens is 1. The molecular weight excluding hydrogens is 522 g/mol. The highest BCUT2D eigenvalue weighted by Crippen LogP contribution is 2.48. The van der Waals surface area contributed by atoms with E-state index in [9.17, 15) is 9.90 Å². The molecule has 1 aromatic heterocycles. The number of likely N-dealkylation sites (tertiary alicyclic amines) is 1. The third kappa shape index (κ3) is 5.50. The minimum absolute atomic E-state index is 0.354. The zero-order valence-electron chi connectivity index (χ0n) is 23.7. The van der Waals surface area contributed by atoms with Crippen LogP contribution in [0.4, 0.5) is 5.69 Å². The third-order valence-electron chi connectivity index (χ3n) is 9.36. The molecule has 1 atom stereocenters. The van der Waals surface area contributed by atoms with Crippen LogP contribution >= 0.6 is 11.6 Å². The first-order valence-electron chi connectivity index (χ1n) is 15.3. The number of rotatable bonds is 8. The average molecular weight is 564 g/mol. The van der Waals surface area contributed by atoms with Crippen molar-refractivity contribution in [3.8, 4) is 11.3 Å². The van der Waals surface area contributed by atoms with Crippen LogP contribution in [0.3, 0.4) is 0 Å². The predicted molar refractivity (Wildman–Crippen MR) is 163 cm³/mol. The van der Waals surface area contributed by atoms with Crippen LogP contribution in [0, 0.1) is 5.92 Å². The highest BCUT2D eigenvalue weighted by Gasteiger charge is 2.31. The van der Waals surface area contributed by atoms with Gasteiger partial charge in [0.25, 0.3) is 0 Å². The maximum atomic E-state index is 11.9. The quantitative estimate of drug-likeness (QED) is 0.312. The summed E-state index contributed by atoms with van der Waals surface area (Å²) in [7, 11) is 0. The van der Waals surface area contributed by atoms with Crippen LogP contribution in [0.1, 0.15) is 73.7 Å². The molecule has 1 N–H and O–H groups in total. The first-order valence-corrected chi connectivity index (χ1v) is 15.7. The van der Waals surface area contributed by atoms with Crippen LogP contribution in [0.5, 0.6) is 0 Å². The van der Waals surface area contributed by atoms with Crippen LogP contribution < -0.4 is 4.90 Å². The molecule has 214 valence electrons. The molecule has 0 spiro atoms. The van der Waals surface area contributed by atoms with Gasteiger partial charge in [0.1, 0.15) is 0 Å². The lowest BCUT2D eigenvalue weighted by molar-refractivity contribution is 0.0680. The van der Waals surface area contributed by atoms with E-state index in [2.05, 4.69) is 39.5 Å². The summed E-state index contributed by atoms with van der Waals surface area (Å²) in [5.41, 5.74) is 6.51. The van der Waals surface area contributed by atoms with E-state index in [0.29, 0.717) is 17.4 Å². The minimum Gasteiger partial charge on any atom is -0.478 e. The van der Waals surface area contributed by atoms with Gasteiger partial charge in [0.15, 0.2) is 0 Å². The van der Waals surface area contributed by atoms with Gasteiger partial charge in [-0.15, -0.1) is 0 Å². The number of fused-ring (bicyclic) bond motifs is 5. The number of benzene rings is 2. The monoisotopic (exact) mass is 563 g/mol. The number of ether oxygens (including phenoxy) is 1. The molecule has 1 saturated heterocycles. The summed E-state index contributed by atoms with van der Waals surface area (Å²) in [4.78, 5) is 17.1.